The van der Waals surface area contributed by atoms with Gasteiger partial charge in [-0.2, -0.15) is 5.10 Å². The molecule has 1 aliphatic heterocycles. The van der Waals surface area contributed by atoms with E-state index in [2.05, 4.69) is 5.10 Å². The second-order valence-corrected chi connectivity index (χ2v) is 8.25. The van der Waals surface area contributed by atoms with Gasteiger partial charge in [-0.1, -0.05) is 17.7 Å². The molecule has 28 heavy (non-hydrogen) atoms. The highest BCUT2D eigenvalue weighted by Gasteiger charge is 2.36. The molecule has 6 nitrogen and oxygen atoms in total. The second kappa shape index (κ2) is 7.31. The summed E-state index contributed by atoms with van der Waals surface area (Å²) in [7, 11) is 0. The van der Waals surface area contributed by atoms with Gasteiger partial charge in [-0.25, -0.2) is 5.01 Å². The number of fused-ring (bicyclic) bond motifs is 3. The molecule has 0 saturated heterocycles. The van der Waals surface area contributed by atoms with Crippen LogP contribution in [0.1, 0.15) is 45.4 Å². The highest BCUT2D eigenvalue weighted by Crippen LogP contribution is 2.37. The Hall–Kier alpha value is -2.80. The van der Waals surface area contributed by atoms with Crippen LogP contribution in [0.3, 0.4) is 0 Å². The van der Waals surface area contributed by atoms with Crippen molar-refractivity contribution in [1.29, 1.82) is 0 Å². The normalized spacial score (nSPS) is 18.2. The monoisotopic (exact) mass is 396 g/mol. The van der Waals surface area contributed by atoms with Crippen LogP contribution < -0.4 is 5.01 Å². The van der Waals surface area contributed by atoms with Gasteiger partial charge >= 0.3 is 5.97 Å². The van der Waals surface area contributed by atoms with Crippen molar-refractivity contribution in [3.05, 3.63) is 51.2 Å². The summed E-state index contributed by atoms with van der Waals surface area (Å²) < 4.78 is 4.83. The molecule has 1 aromatic heterocycles. The molecule has 0 radical (unpaired) electrons. The number of thiophene rings is 1. The maximum atomic E-state index is 12.6. The average Bonchev–Trinajstić information content (AvgIpc) is 3.11. The van der Waals surface area contributed by atoms with E-state index in [0.29, 0.717) is 11.3 Å². The molecule has 0 N–H and O–H groups in total. The number of ether oxygens (including phenoxy) is 1. The van der Waals surface area contributed by atoms with E-state index in [0.717, 1.165) is 40.2 Å². The van der Waals surface area contributed by atoms with Gasteiger partial charge in [0.05, 0.1) is 16.3 Å². The Labute approximate surface area is 166 Å². The zero-order chi connectivity index (χ0) is 19.8. The first-order valence-corrected chi connectivity index (χ1v) is 10.0. The Kier molecular flexibility index (Phi) is 4.85. The number of aryl methyl sites for hydroxylation is 2. The number of rotatable bonds is 4. The number of hydrogen-bond acceptors (Lipinski definition) is 6. The number of anilines is 1. The van der Waals surface area contributed by atoms with E-state index in [4.69, 9.17) is 4.74 Å². The SMILES string of the molecule is CC(=O)OCC(=O)c1cc2c(s1)CCC1CC(=O)N(c3ccc(C)cc3)N=C21. The van der Waals surface area contributed by atoms with Crippen LogP contribution in [0.15, 0.2) is 35.4 Å². The highest BCUT2D eigenvalue weighted by atomic mass is 32.1. The lowest BCUT2D eigenvalue weighted by atomic mass is 9.83. The van der Waals surface area contributed by atoms with Crippen LogP contribution in [0.2, 0.25) is 0 Å². The number of benzene rings is 1. The Morgan fingerprint density at radius 2 is 2.04 bits per heavy atom. The maximum Gasteiger partial charge on any atom is 0.303 e. The molecule has 4 rings (SSSR count). The standard InChI is InChI=1S/C21H20N2O4S/c1-12-3-6-15(7-4-12)23-20(26)9-14-5-8-18-16(21(14)22-23)10-19(28-18)17(25)11-27-13(2)24/h3-4,6-7,10,14H,5,8-9,11H2,1-2H3. The summed E-state index contributed by atoms with van der Waals surface area (Å²) in [6.07, 6.45) is 2.08. The van der Waals surface area contributed by atoms with Crippen molar-refractivity contribution in [1.82, 2.24) is 0 Å². The van der Waals surface area contributed by atoms with Crippen LogP contribution in [-0.4, -0.2) is 30.0 Å². The van der Waals surface area contributed by atoms with Gasteiger partial charge in [0.25, 0.3) is 0 Å². The third-order valence-corrected chi connectivity index (χ3v) is 6.25. The summed E-state index contributed by atoms with van der Waals surface area (Å²) in [5, 5.41) is 6.15. The Bertz CT molecular complexity index is 990. The molecule has 1 amide bonds. The summed E-state index contributed by atoms with van der Waals surface area (Å²) in [5.74, 6) is -0.622. The number of Topliss-reactive ketones (excluding diaryl/α,β-unsaturated/α-hetero) is 1. The van der Waals surface area contributed by atoms with E-state index < -0.39 is 5.97 Å². The van der Waals surface area contributed by atoms with Crippen LogP contribution in [0.4, 0.5) is 5.69 Å². The van der Waals surface area contributed by atoms with Crippen LogP contribution in [-0.2, 0) is 20.7 Å². The van der Waals surface area contributed by atoms with Gasteiger partial charge in [0.2, 0.25) is 11.7 Å². The Morgan fingerprint density at radius 1 is 1.29 bits per heavy atom. The van der Waals surface area contributed by atoms with E-state index in [9.17, 15) is 14.4 Å². The number of hydrogen-bond donors (Lipinski definition) is 0. The molecule has 2 aromatic rings. The van der Waals surface area contributed by atoms with Gasteiger partial charge < -0.3 is 4.74 Å². The molecule has 1 unspecified atom stereocenters. The lowest BCUT2D eigenvalue weighted by Crippen LogP contribution is -2.39. The number of nitrogens with zero attached hydrogens (tertiary/aromatic N) is 2. The van der Waals surface area contributed by atoms with Gasteiger partial charge in [-0.15, -0.1) is 11.3 Å². The summed E-state index contributed by atoms with van der Waals surface area (Å²) in [6, 6.07) is 9.53. The van der Waals surface area contributed by atoms with Gasteiger partial charge in [-0.05, 0) is 38.0 Å². The number of carbonyl (C=O) groups is 3. The smallest absolute Gasteiger partial charge is 0.303 e. The first-order chi connectivity index (χ1) is 13.4. The van der Waals surface area contributed by atoms with Crippen molar-refractivity contribution in [3.63, 3.8) is 0 Å². The minimum atomic E-state index is -0.473. The minimum Gasteiger partial charge on any atom is -0.457 e. The zero-order valence-corrected chi connectivity index (χ0v) is 16.5. The number of hydrazone groups is 1. The van der Waals surface area contributed by atoms with Crippen molar-refractivity contribution in [3.8, 4) is 0 Å². The summed E-state index contributed by atoms with van der Waals surface area (Å²) in [4.78, 5) is 37.6. The van der Waals surface area contributed by atoms with Gasteiger partial charge in [0, 0.05) is 29.7 Å². The third kappa shape index (κ3) is 3.49. The Balaban J connectivity index is 1.67. The molecule has 1 atom stereocenters. The number of amides is 1. The molecule has 0 spiro atoms. The average molecular weight is 396 g/mol. The molecule has 7 heteroatoms. The van der Waals surface area contributed by atoms with E-state index in [1.54, 1.807) is 0 Å². The number of carbonyl (C=O) groups excluding carboxylic acids is 3. The molecular weight excluding hydrogens is 376 g/mol. The van der Waals surface area contributed by atoms with Gasteiger partial charge in [-0.3, -0.25) is 14.4 Å². The topological polar surface area (TPSA) is 76.0 Å². The van der Waals surface area contributed by atoms with Crippen LogP contribution in [0.5, 0.6) is 0 Å². The van der Waals surface area contributed by atoms with Crippen LogP contribution in [0.25, 0.3) is 0 Å². The fraction of sp³-hybridized carbons (Fsp3) is 0.333. The van der Waals surface area contributed by atoms with Crippen LogP contribution >= 0.6 is 11.3 Å². The lowest BCUT2D eigenvalue weighted by Gasteiger charge is -2.32. The third-order valence-electron chi connectivity index (χ3n) is 5.02. The van der Waals surface area contributed by atoms with Crippen LogP contribution in [0, 0.1) is 12.8 Å². The zero-order valence-electron chi connectivity index (χ0n) is 15.7. The number of ketones is 1. The first kappa shape index (κ1) is 18.6. The van der Waals surface area contributed by atoms with Crippen molar-refractivity contribution < 1.29 is 19.1 Å². The summed E-state index contributed by atoms with van der Waals surface area (Å²) in [5.41, 5.74) is 3.67. The van der Waals surface area contributed by atoms with Crippen molar-refractivity contribution >= 4 is 40.4 Å². The molecule has 2 aliphatic rings. The predicted octanol–water partition coefficient (Wildman–Crippen LogP) is 3.51. The molecule has 0 saturated carbocycles. The van der Waals surface area contributed by atoms with Crippen molar-refractivity contribution in [2.45, 2.75) is 33.1 Å². The van der Waals surface area contributed by atoms with Gasteiger partial charge in [0.1, 0.15) is 0 Å². The fourth-order valence-electron chi connectivity index (χ4n) is 3.55. The fourth-order valence-corrected chi connectivity index (χ4v) is 4.66. The van der Waals surface area contributed by atoms with Crippen molar-refractivity contribution in [2.24, 2.45) is 11.0 Å². The molecule has 0 bridgehead atoms. The molecular formula is C21H20N2O4S. The summed E-state index contributed by atoms with van der Waals surface area (Å²) >= 11 is 1.43. The number of esters is 1. The summed E-state index contributed by atoms with van der Waals surface area (Å²) in [6.45, 7) is 3.03. The largest absolute Gasteiger partial charge is 0.457 e. The molecule has 144 valence electrons. The maximum absolute atomic E-state index is 12.6. The minimum absolute atomic E-state index is 0.0116. The predicted molar refractivity (Wildman–Crippen MR) is 107 cm³/mol. The van der Waals surface area contributed by atoms with E-state index in [1.165, 1.54) is 23.3 Å². The quantitative estimate of drug-likeness (QED) is 0.585. The Morgan fingerprint density at radius 3 is 2.75 bits per heavy atom. The van der Waals surface area contributed by atoms with Crippen molar-refractivity contribution in [2.75, 3.05) is 11.6 Å². The highest BCUT2D eigenvalue weighted by molar-refractivity contribution is 7.14. The van der Waals surface area contributed by atoms with E-state index >= 15 is 0 Å². The molecule has 2 heterocycles. The second-order valence-electron chi connectivity index (χ2n) is 7.12. The molecule has 1 aliphatic carbocycles. The van der Waals surface area contributed by atoms with E-state index in [-0.39, 0.29) is 24.2 Å². The molecule has 0 fully saturated rings. The molecule has 1 aromatic carbocycles. The first-order valence-electron chi connectivity index (χ1n) is 9.20. The lowest BCUT2D eigenvalue weighted by molar-refractivity contribution is -0.139. The van der Waals surface area contributed by atoms with Gasteiger partial charge in [0.15, 0.2) is 6.61 Å². The van der Waals surface area contributed by atoms with E-state index in [1.807, 2.05) is 37.3 Å².